The minimum absolute atomic E-state index is 0.691. The van der Waals surface area contributed by atoms with Crippen LogP contribution in [0.25, 0.3) is 0 Å². The summed E-state index contributed by atoms with van der Waals surface area (Å²) in [5.41, 5.74) is 1.15. The molecular formula is C12H22ClN3. The Balaban J connectivity index is 2.42. The summed E-state index contributed by atoms with van der Waals surface area (Å²) in [4.78, 5) is 0. The number of nitrogens with one attached hydrogen (secondary N) is 1. The Morgan fingerprint density at radius 2 is 2.25 bits per heavy atom. The number of hydrogen-bond donors (Lipinski definition) is 1. The molecular weight excluding hydrogens is 222 g/mol. The molecule has 1 N–H and O–H groups in total. The van der Waals surface area contributed by atoms with E-state index in [1.165, 1.54) is 0 Å². The third-order valence-electron chi connectivity index (χ3n) is 2.42. The molecule has 92 valence electrons. The Bertz CT molecular complexity index is 307. The summed E-state index contributed by atoms with van der Waals surface area (Å²) >= 11 is 6.11. The zero-order valence-corrected chi connectivity index (χ0v) is 11.2. The van der Waals surface area contributed by atoms with Crippen LogP contribution in [0.2, 0.25) is 5.02 Å². The molecule has 0 fully saturated rings. The van der Waals surface area contributed by atoms with Gasteiger partial charge < -0.3 is 5.32 Å². The summed E-state index contributed by atoms with van der Waals surface area (Å²) in [6, 6.07) is 0. The summed E-state index contributed by atoms with van der Waals surface area (Å²) in [6.07, 6.45) is 3.78. The Labute approximate surface area is 103 Å². The van der Waals surface area contributed by atoms with Gasteiger partial charge in [-0.3, -0.25) is 4.68 Å². The first-order valence-corrected chi connectivity index (χ1v) is 6.43. The maximum absolute atomic E-state index is 6.11. The van der Waals surface area contributed by atoms with Crippen LogP contribution in [0, 0.1) is 5.92 Å². The van der Waals surface area contributed by atoms with Gasteiger partial charge in [0, 0.05) is 19.5 Å². The predicted molar refractivity (Wildman–Crippen MR) is 68.9 cm³/mol. The second kappa shape index (κ2) is 6.92. The zero-order chi connectivity index (χ0) is 12.0. The van der Waals surface area contributed by atoms with Crippen LogP contribution in [0.15, 0.2) is 6.20 Å². The van der Waals surface area contributed by atoms with E-state index in [1.54, 1.807) is 6.20 Å². The van der Waals surface area contributed by atoms with Gasteiger partial charge in [-0.05, 0) is 18.9 Å². The fourth-order valence-electron chi connectivity index (χ4n) is 1.64. The van der Waals surface area contributed by atoms with Crippen LogP contribution in [0.5, 0.6) is 0 Å². The van der Waals surface area contributed by atoms with Gasteiger partial charge in [-0.2, -0.15) is 5.10 Å². The van der Waals surface area contributed by atoms with E-state index >= 15 is 0 Å². The molecule has 0 spiro atoms. The van der Waals surface area contributed by atoms with E-state index in [0.717, 1.165) is 43.2 Å². The molecule has 1 heterocycles. The number of halogens is 1. The highest BCUT2D eigenvalue weighted by atomic mass is 35.5. The van der Waals surface area contributed by atoms with Crippen molar-refractivity contribution < 1.29 is 0 Å². The molecule has 1 aromatic heterocycles. The normalized spacial score (nSPS) is 11.3. The fourth-order valence-corrected chi connectivity index (χ4v) is 1.87. The highest BCUT2D eigenvalue weighted by Crippen LogP contribution is 2.15. The predicted octanol–water partition coefficient (Wildman–Crippen LogP) is 2.73. The van der Waals surface area contributed by atoms with Gasteiger partial charge in [0.1, 0.15) is 0 Å². The van der Waals surface area contributed by atoms with Crippen LogP contribution >= 0.6 is 11.6 Å². The molecule has 0 aliphatic carbocycles. The molecule has 0 amide bonds. The van der Waals surface area contributed by atoms with Crippen molar-refractivity contribution in [3.63, 3.8) is 0 Å². The SMILES string of the molecule is CCCn1ncc(Cl)c1CCNCC(C)C. The second-order valence-electron chi connectivity index (χ2n) is 4.51. The van der Waals surface area contributed by atoms with E-state index in [2.05, 4.69) is 31.2 Å². The smallest absolute Gasteiger partial charge is 0.0818 e. The van der Waals surface area contributed by atoms with Gasteiger partial charge in [0.05, 0.1) is 16.9 Å². The lowest BCUT2D eigenvalue weighted by atomic mass is 10.2. The standard InChI is InChI=1S/C12H22ClN3/c1-4-7-16-12(11(13)9-15-16)5-6-14-8-10(2)3/h9-10,14H,4-8H2,1-3H3. The maximum Gasteiger partial charge on any atom is 0.0818 e. The number of nitrogens with zero attached hydrogens (tertiary/aromatic N) is 2. The van der Waals surface area contributed by atoms with Crippen LogP contribution in [0.1, 0.15) is 32.9 Å². The van der Waals surface area contributed by atoms with E-state index < -0.39 is 0 Å². The molecule has 4 heteroatoms. The summed E-state index contributed by atoms with van der Waals surface area (Å²) < 4.78 is 2.01. The Morgan fingerprint density at radius 1 is 1.50 bits per heavy atom. The molecule has 1 aromatic rings. The number of hydrogen-bond acceptors (Lipinski definition) is 2. The average Bonchev–Trinajstić information content (AvgIpc) is 2.56. The van der Waals surface area contributed by atoms with Crippen molar-refractivity contribution >= 4 is 11.6 Å². The highest BCUT2D eigenvalue weighted by molar-refractivity contribution is 6.31. The summed E-state index contributed by atoms with van der Waals surface area (Å²) in [6.45, 7) is 9.54. The lowest BCUT2D eigenvalue weighted by molar-refractivity contribution is 0.532. The van der Waals surface area contributed by atoms with E-state index in [0.29, 0.717) is 5.92 Å². The van der Waals surface area contributed by atoms with Crippen molar-refractivity contribution in [2.24, 2.45) is 5.92 Å². The molecule has 0 aliphatic heterocycles. The summed E-state index contributed by atoms with van der Waals surface area (Å²) in [5.74, 6) is 0.691. The Morgan fingerprint density at radius 3 is 2.88 bits per heavy atom. The van der Waals surface area contributed by atoms with Gasteiger partial charge in [-0.25, -0.2) is 0 Å². The van der Waals surface area contributed by atoms with Crippen molar-refractivity contribution in [3.8, 4) is 0 Å². The van der Waals surface area contributed by atoms with Gasteiger partial charge >= 0.3 is 0 Å². The number of rotatable bonds is 7. The van der Waals surface area contributed by atoms with Gasteiger partial charge in [0.2, 0.25) is 0 Å². The van der Waals surface area contributed by atoms with Gasteiger partial charge in [-0.15, -0.1) is 0 Å². The average molecular weight is 244 g/mol. The van der Waals surface area contributed by atoms with Gasteiger partial charge in [0.25, 0.3) is 0 Å². The van der Waals surface area contributed by atoms with E-state index in [9.17, 15) is 0 Å². The lowest BCUT2D eigenvalue weighted by Crippen LogP contribution is -2.23. The summed E-state index contributed by atoms with van der Waals surface area (Å²) in [5, 5.41) is 8.49. The maximum atomic E-state index is 6.11. The molecule has 0 unspecified atom stereocenters. The van der Waals surface area contributed by atoms with Crippen molar-refractivity contribution in [1.29, 1.82) is 0 Å². The first-order valence-electron chi connectivity index (χ1n) is 6.06. The zero-order valence-electron chi connectivity index (χ0n) is 10.5. The number of aryl methyl sites for hydroxylation is 1. The number of aromatic nitrogens is 2. The van der Waals surface area contributed by atoms with Crippen molar-refractivity contribution in [3.05, 3.63) is 16.9 Å². The van der Waals surface area contributed by atoms with E-state index in [1.807, 2.05) is 4.68 Å². The molecule has 1 rings (SSSR count). The Kier molecular flexibility index (Phi) is 5.85. The van der Waals surface area contributed by atoms with E-state index in [4.69, 9.17) is 11.6 Å². The van der Waals surface area contributed by atoms with Gasteiger partial charge in [-0.1, -0.05) is 32.4 Å². The molecule has 16 heavy (non-hydrogen) atoms. The van der Waals surface area contributed by atoms with Crippen LogP contribution in [-0.4, -0.2) is 22.9 Å². The molecule has 0 bridgehead atoms. The molecule has 0 saturated carbocycles. The van der Waals surface area contributed by atoms with Crippen molar-refractivity contribution in [1.82, 2.24) is 15.1 Å². The van der Waals surface area contributed by atoms with Crippen molar-refractivity contribution in [2.75, 3.05) is 13.1 Å². The van der Waals surface area contributed by atoms with Crippen LogP contribution < -0.4 is 5.32 Å². The quantitative estimate of drug-likeness (QED) is 0.747. The summed E-state index contributed by atoms with van der Waals surface area (Å²) in [7, 11) is 0. The minimum atomic E-state index is 0.691. The molecule has 0 aliphatic rings. The minimum Gasteiger partial charge on any atom is -0.316 e. The topological polar surface area (TPSA) is 29.9 Å². The highest BCUT2D eigenvalue weighted by Gasteiger charge is 2.07. The van der Waals surface area contributed by atoms with Crippen molar-refractivity contribution in [2.45, 2.75) is 40.2 Å². The molecule has 0 aromatic carbocycles. The monoisotopic (exact) mass is 243 g/mol. The second-order valence-corrected chi connectivity index (χ2v) is 4.92. The van der Waals surface area contributed by atoms with Crippen LogP contribution in [0.4, 0.5) is 0 Å². The van der Waals surface area contributed by atoms with Crippen LogP contribution in [-0.2, 0) is 13.0 Å². The fraction of sp³-hybridized carbons (Fsp3) is 0.750. The largest absolute Gasteiger partial charge is 0.316 e. The molecule has 0 saturated heterocycles. The molecule has 0 radical (unpaired) electrons. The Hall–Kier alpha value is -0.540. The molecule has 3 nitrogen and oxygen atoms in total. The first-order chi connectivity index (χ1) is 7.65. The first kappa shape index (κ1) is 13.5. The lowest BCUT2D eigenvalue weighted by Gasteiger charge is -2.09. The third kappa shape index (κ3) is 4.14. The van der Waals surface area contributed by atoms with Crippen LogP contribution in [0.3, 0.4) is 0 Å². The molecule has 0 atom stereocenters. The third-order valence-corrected chi connectivity index (χ3v) is 2.74. The van der Waals surface area contributed by atoms with E-state index in [-0.39, 0.29) is 0 Å². The van der Waals surface area contributed by atoms with Gasteiger partial charge in [0.15, 0.2) is 0 Å².